The van der Waals surface area contributed by atoms with Crippen molar-refractivity contribution < 1.29 is 34.1 Å². The third kappa shape index (κ3) is 4.56. The largest absolute Gasteiger partial charge is 0.493 e. The topological polar surface area (TPSA) is 117 Å². The van der Waals surface area contributed by atoms with Crippen molar-refractivity contribution in [2.75, 3.05) is 33.4 Å². The maximum atomic E-state index is 11.4. The van der Waals surface area contributed by atoms with Crippen LogP contribution in [0.3, 0.4) is 0 Å². The molecule has 2 N–H and O–H groups in total. The SMILES string of the molecule is COc1cc(C(C)=O)ccc1OCC[C@@H]1CN(C(=O)O)CCN1C(=O)O. The van der Waals surface area contributed by atoms with E-state index in [4.69, 9.17) is 14.6 Å². The van der Waals surface area contributed by atoms with E-state index in [0.717, 1.165) is 0 Å². The van der Waals surface area contributed by atoms with Crippen molar-refractivity contribution in [3.8, 4) is 11.5 Å². The van der Waals surface area contributed by atoms with Crippen LogP contribution in [0.15, 0.2) is 18.2 Å². The monoisotopic (exact) mass is 366 g/mol. The van der Waals surface area contributed by atoms with Crippen LogP contribution in [-0.4, -0.2) is 77.4 Å². The predicted octanol–water partition coefficient (Wildman–Crippen LogP) is 2.01. The summed E-state index contributed by atoms with van der Waals surface area (Å²) in [5.41, 5.74) is 0.496. The summed E-state index contributed by atoms with van der Waals surface area (Å²) in [5, 5.41) is 18.4. The number of benzene rings is 1. The highest BCUT2D eigenvalue weighted by Crippen LogP contribution is 2.28. The predicted molar refractivity (Wildman–Crippen MR) is 91.2 cm³/mol. The minimum Gasteiger partial charge on any atom is -0.493 e. The highest BCUT2D eigenvalue weighted by Gasteiger charge is 2.32. The van der Waals surface area contributed by atoms with Crippen molar-refractivity contribution in [3.63, 3.8) is 0 Å². The van der Waals surface area contributed by atoms with Gasteiger partial charge in [0.15, 0.2) is 17.3 Å². The molecule has 9 heteroatoms. The van der Waals surface area contributed by atoms with Gasteiger partial charge in [-0.05, 0) is 25.1 Å². The Balaban J connectivity index is 2.01. The lowest BCUT2D eigenvalue weighted by Gasteiger charge is -2.38. The van der Waals surface area contributed by atoms with Crippen LogP contribution in [0.25, 0.3) is 0 Å². The van der Waals surface area contributed by atoms with Crippen LogP contribution in [0, 0.1) is 0 Å². The number of ether oxygens (including phenoxy) is 2. The molecule has 1 aromatic carbocycles. The van der Waals surface area contributed by atoms with E-state index >= 15 is 0 Å². The van der Waals surface area contributed by atoms with Crippen molar-refractivity contribution in [1.82, 2.24) is 9.80 Å². The van der Waals surface area contributed by atoms with Crippen LogP contribution in [0.2, 0.25) is 0 Å². The number of hydrogen-bond acceptors (Lipinski definition) is 5. The molecule has 9 nitrogen and oxygen atoms in total. The van der Waals surface area contributed by atoms with Gasteiger partial charge in [-0.25, -0.2) is 9.59 Å². The van der Waals surface area contributed by atoms with Gasteiger partial charge in [0.1, 0.15) is 0 Å². The number of amides is 2. The van der Waals surface area contributed by atoms with Crippen LogP contribution in [0.1, 0.15) is 23.7 Å². The quantitative estimate of drug-likeness (QED) is 0.740. The number of methoxy groups -OCH3 is 1. The molecule has 0 aromatic heterocycles. The zero-order valence-corrected chi connectivity index (χ0v) is 14.7. The molecule has 26 heavy (non-hydrogen) atoms. The van der Waals surface area contributed by atoms with Gasteiger partial charge < -0.3 is 29.5 Å². The van der Waals surface area contributed by atoms with E-state index in [9.17, 15) is 19.5 Å². The van der Waals surface area contributed by atoms with Gasteiger partial charge in [-0.15, -0.1) is 0 Å². The first-order valence-corrected chi connectivity index (χ1v) is 8.12. The number of carbonyl (C=O) groups is 3. The van der Waals surface area contributed by atoms with Gasteiger partial charge in [-0.1, -0.05) is 0 Å². The molecule has 142 valence electrons. The molecule has 2 amide bonds. The van der Waals surface area contributed by atoms with Crippen molar-refractivity contribution in [1.29, 1.82) is 0 Å². The fraction of sp³-hybridized carbons (Fsp3) is 0.471. The molecule has 0 bridgehead atoms. The minimum atomic E-state index is -1.08. The van der Waals surface area contributed by atoms with E-state index in [2.05, 4.69) is 0 Å². The Morgan fingerprint density at radius 3 is 2.46 bits per heavy atom. The standard InChI is InChI=1S/C17H22N2O7/c1-11(20)12-3-4-14(15(9-12)25-2)26-8-5-13-10-18(16(21)22)6-7-19(13)17(23)24/h3-4,9,13H,5-8,10H2,1-2H3,(H,21,22)(H,23,24)/t13-/m1/s1. The van der Waals surface area contributed by atoms with Crippen LogP contribution in [0.4, 0.5) is 9.59 Å². The van der Waals surface area contributed by atoms with E-state index < -0.39 is 18.2 Å². The Kier molecular flexibility index (Phi) is 6.26. The van der Waals surface area contributed by atoms with Crippen LogP contribution < -0.4 is 9.47 Å². The average molecular weight is 366 g/mol. The van der Waals surface area contributed by atoms with E-state index in [1.54, 1.807) is 18.2 Å². The highest BCUT2D eigenvalue weighted by atomic mass is 16.5. The lowest BCUT2D eigenvalue weighted by molar-refractivity contribution is 0.0561. The smallest absolute Gasteiger partial charge is 0.407 e. The zero-order chi connectivity index (χ0) is 19.3. The third-order valence-corrected chi connectivity index (χ3v) is 4.28. The Morgan fingerprint density at radius 1 is 1.15 bits per heavy atom. The minimum absolute atomic E-state index is 0.0945. The Hall–Kier alpha value is -2.97. The summed E-state index contributed by atoms with van der Waals surface area (Å²) in [7, 11) is 1.46. The second kappa shape index (κ2) is 8.41. The number of carbonyl (C=O) groups excluding carboxylic acids is 1. The number of ketones is 1. The van der Waals surface area contributed by atoms with E-state index in [-0.39, 0.29) is 32.0 Å². The van der Waals surface area contributed by atoms with Gasteiger partial charge >= 0.3 is 12.2 Å². The molecule has 1 aliphatic heterocycles. The molecule has 2 rings (SSSR count). The highest BCUT2D eigenvalue weighted by molar-refractivity contribution is 5.94. The van der Waals surface area contributed by atoms with E-state index in [1.165, 1.54) is 23.8 Å². The molecule has 1 fully saturated rings. The number of nitrogens with zero attached hydrogens (tertiary/aromatic N) is 2. The molecule has 1 heterocycles. The summed E-state index contributed by atoms with van der Waals surface area (Å²) in [4.78, 5) is 36.3. The molecular weight excluding hydrogens is 344 g/mol. The molecule has 0 spiro atoms. The molecule has 1 aromatic rings. The molecule has 0 radical (unpaired) electrons. The van der Waals surface area contributed by atoms with Crippen molar-refractivity contribution >= 4 is 18.0 Å². The fourth-order valence-electron chi connectivity index (χ4n) is 2.84. The lowest BCUT2D eigenvalue weighted by Crippen LogP contribution is -2.56. The Morgan fingerprint density at radius 2 is 1.88 bits per heavy atom. The van der Waals surface area contributed by atoms with Gasteiger partial charge in [-0.2, -0.15) is 0 Å². The van der Waals surface area contributed by atoms with Gasteiger partial charge in [0.2, 0.25) is 0 Å². The number of rotatable bonds is 6. The van der Waals surface area contributed by atoms with Gasteiger partial charge in [-0.3, -0.25) is 4.79 Å². The first kappa shape index (κ1) is 19.4. The summed E-state index contributed by atoms with van der Waals surface area (Å²) in [5.74, 6) is 0.747. The summed E-state index contributed by atoms with van der Waals surface area (Å²) in [6, 6.07) is 4.33. The third-order valence-electron chi connectivity index (χ3n) is 4.28. The average Bonchev–Trinajstić information content (AvgIpc) is 2.61. The molecule has 1 saturated heterocycles. The van der Waals surface area contributed by atoms with Gasteiger partial charge in [0.25, 0.3) is 0 Å². The number of Topliss-reactive ketones (excluding diaryl/α,β-unsaturated/α-hetero) is 1. The molecule has 1 atom stereocenters. The fourth-order valence-corrected chi connectivity index (χ4v) is 2.84. The number of carboxylic acid groups (broad SMARTS) is 2. The summed E-state index contributed by atoms with van der Waals surface area (Å²) in [6.45, 7) is 2.01. The first-order valence-electron chi connectivity index (χ1n) is 8.12. The van der Waals surface area contributed by atoms with Crippen molar-refractivity contribution in [3.05, 3.63) is 23.8 Å². The summed E-state index contributed by atoms with van der Waals surface area (Å²) >= 11 is 0. The normalized spacial score (nSPS) is 16.9. The van der Waals surface area contributed by atoms with Gasteiger partial charge in [0.05, 0.1) is 19.8 Å². The number of piperazine rings is 1. The van der Waals surface area contributed by atoms with Gasteiger partial charge in [0, 0.05) is 31.6 Å². The summed E-state index contributed by atoms with van der Waals surface area (Å²) < 4.78 is 10.9. The van der Waals surface area contributed by atoms with Crippen LogP contribution >= 0.6 is 0 Å². The van der Waals surface area contributed by atoms with Crippen LogP contribution in [-0.2, 0) is 0 Å². The maximum Gasteiger partial charge on any atom is 0.407 e. The molecule has 0 saturated carbocycles. The van der Waals surface area contributed by atoms with Crippen molar-refractivity contribution in [2.45, 2.75) is 19.4 Å². The van der Waals surface area contributed by atoms with E-state index in [0.29, 0.717) is 23.5 Å². The lowest BCUT2D eigenvalue weighted by atomic mass is 10.1. The number of hydrogen-bond donors (Lipinski definition) is 2. The van der Waals surface area contributed by atoms with Crippen LogP contribution in [0.5, 0.6) is 11.5 Å². The summed E-state index contributed by atoms with van der Waals surface area (Å²) in [6.07, 6.45) is -1.82. The zero-order valence-electron chi connectivity index (χ0n) is 14.7. The molecule has 0 unspecified atom stereocenters. The molecule has 1 aliphatic rings. The first-order chi connectivity index (χ1) is 12.3. The Bertz CT molecular complexity index is 692. The second-order valence-electron chi connectivity index (χ2n) is 5.92. The van der Waals surface area contributed by atoms with E-state index in [1.807, 2.05) is 0 Å². The second-order valence-corrected chi connectivity index (χ2v) is 5.92. The van der Waals surface area contributed by atoms with Crippen molar-refractivity contribution in [2.24, 2.45) is 0 Å². The molecular formula is C17H22N2O7. The molecule has 0 aliphatic carbocycles. The maximum absolute atomic E-state index is 11.4. The Labute approximate surface area is 150 Å².